The van der Waals surface area contributed by atoms with E-state index in [0.29, 0.717) is 18.2 Å². The van der Waals surface area contributed by atoms with Gasteiger partial charge < -0.3 is 15.4 Å². The average Bonchev–Trinajstić information content (AvgIpc) is 3.43. The topological polar surface area (TPSA) is 58.5 Å². The highest BCUT2D eigenvalue weighted by atomic mass is 127. The monoisotopic (exact) mass is 456 g/mol. The lowest BCUT2D eigenvalue weighted by Crippen LogP contribution is -2.37. The van der Waals surface area contributed by atoms with Crippen LogP contribution in [0.5, 0.6) is 11.6 Å². The Hall–Kier alpha value is -1.90. The van der Waals surface area contributed by atoms with Gasteiger partial charge in [-0.25, -0.2) is 9.37 Å². The number of rotatable bonds is 6. The lowest BCUT2D eigenvalue weighted by Gasteiger charge is -2.11. The summed E-state index contributed by atoms with van der Waals surface area (Å²) in [5, 5.41) is 6.57. The van der Waals surface area contributed by atoms with Crippen molar-refractivity contribution in [2.45, 2.75) is 19.4 Å². The molecule has 1 aromatic heterocycles. The minimum atomic E-state index is -0.291. The van der Waals surface area contributed by atoms with Gasteiger partial charge in [-0.15, -0.1) is 24.0 Å². The van der Waals surface area contributed by atoms with Gasteiger partial charge in [-0.3, -0.25) is 4.99 Å². The molecule has 0 aliphatic heterocycles. The zero-order chi connectivity index (χ0) is 16.8. The number of aromatic nitrogens is 1. The SMILES string of the molecule is CN=C(NCc1ccc(Oc2ccc(F)cc2)nc1)NCC1CC1.I. The molecule has 1 heterocycles. The zero-order valence-electron chi connectivity index (χ0n) is 14.0. The molecule has 7 heteroatoms. The van der Waals surface area contributed by atoms with Gasteiger partial charge in [-0.1, -0.05) is 6.07 Å². The van der Waals surface area contributed by atoms with E-state index in [9.17, 15) is 4.39 Å². The van der Waals surface area contributed by atoms with Crippen LogP contribution in [0.15, 0.2) is 47.6 Å². The van der Waals surface area contributed by atoms with Crippen molar-refractivity contribution in [3.05, 3.63) is 54.0 Å². The molecule has 2 N–H and O–H groups in total. The van der Waals surface area contributed by atoms with Crippen LogP contribution >= 0.6 is 24.0 Å². The van der Waals surface area contributed by atoms with Crippen molar-refractivity contribution in [1.29, 1.82) is 0 Å². The first-order chi connectivity index (χ1) is 11.7. The third kappa shape index (κ3) is 6.49. The van der Waals surface area contributed by atoms with Crippen LogP contribution in [0.1, 0.15) is 18.4 Å². The fourth-order valence-corrected chi connectivity index (χ4v) is 2.17. The van der Waals surface area contributed by atoms with Crippen molar-refractivity contribution in [2.75, 3.05) is 13.6 Å². The second-order valence-corrected chi connectivity index (χ2v) is 5.81. The molecule has 1 fully saturated rings. The highest BCUT2D eigenvalue weighted by Crippen LogP contribution is 2.27. The maximum absolute atomic E-state index is 12.9. The van der Waals surface area contributed by atoms with E-state index in [1.807, 2.05) is 6.07 Å². The fraction of sp³-hybridized carbons (Fsp3) is 0.333. The zero-order valence-corrected chi connectivity index (χ0v) is 16.4. The molecule has 5 nitrogen and oxygen atoms in total. The Labute approximate surface area is 164 Å². The minimum absolute atomic E-state index is 0. The normalized spacial score (nSPS) is 13.8. The Balaban J connectivity index is 0.00000225. The van der Waals surface area contributed by atoms with Crippen LogP contribution in [0.3, 0.4) is 0 Å². The highest BCUT2D eigenvalue weighted by Gasteiger charge is 2.20. The number of aliphatic imine (C=N–C) groups is 1. The van der Waals surface area contributed by atoms with E-state index in [1.165, 1.54) is 25.0 Å². The molecule has 0 saturated heterocycles. The van der Waals surface area contributed by atoms with Gasteiger partial charge in [-0.05, 0) is 48.6 Å². The first-order valence-electron chi connectivity index (χ1n) is 8.06. The molecule has 0 spiro atoms. The number of halogens is 2. The lowest BCUT2D eigenvalue weighted by atomic mass is 10.3. The molecule has 0 amide bonds. The Bertz CT molecular complexity index is 687. The van der Waals surface area contributed by atoms with Crippen LogP contribution in [0.2, 0.25) is 0 Å². The summed E-state index contributed by atoms with van der Waals surface area (Å²) in [6.45, 7) is 1.61. The Kier molecular flexibility index (Phi) is 7.42. The molecular weight excluding hydrogens is 434 g/mol. The summed E-state index contributed by atoms with van der Waals surface area (Å²) in [4.78, 5) is 8.47. The number of hydrogen-bond acceptors (Lipinski definition) is 3. The Morgan fingerprint density at radius 3 is 2.56 bits per heavy atom. The molecule has 3 rings (SSSR count). The minimum Gasteiger partial charge on any atom is -0.439 e. The standard InChI is InChI=1S/C18H21FN4O.HI/c1-20-18(22-10-13-2-3-13)23-12-14-4-9-17(21-11-14)24-16-7-5-15(19)6-8-16;/h4-9,11,13H,2-3,10,12H2,1H3,(H2,20,22,23);1H. The van der Waals surface area contributed by atoms with Gasteiger partial charge >= 0.3 is 0 Å². The van der Waals surface area contributed by atoms with Gasteiger partial charge in [0.15, 0.2) is 5.96 Å². The van der Waals surface area contributed by atoms with Gasteiger partial charge in [0.25, 0.3) is 0 Å². The number of ether oxygens (including phenoxy) is 1. The quantitative estimate of drug-likeness (QED) is 0.396. The van der Waals surface area contributed by atoms with Crippen LogP contribution in [0.4, 0.5) is 4.39 Å². The number of hydrogen-bond donors (Lipinski definition) is 2. The van der Waals surface area contributed by atoms with E-state index in [-0.39, 0.29) is 29.8 Å². The number of nitrogens with one attached hydrogen (secondary N) is 2. The van der Waals surface area contributed by atoms with Crippen LogP contribution in [0.25, 0.3) is 0 Å². The molecule has 1 saturated carbocycles. The molecule has 134 valence electrons. The van der Waals surface area contributed by atoms with Crippen LogP contribution in [0, 0.1) is 11.7 Å². The summed E-state index contributed by atoms with van der Waals surface area (Å²) in [5.41, 5.74) is 1.02. The highest BCUT2D eigenvalue weighted by molar-refractivity contribution is 14.0. The van der Waals surface area contributed by atoms with E-state index in [4.69, 9.17) is 4.74 Å². The summed E-state index contributed by atoms with van der Waals surface area (Å²) in [7, 11) is 1.76. The summed E-state index contributed by atoms with van der Waals surface area (Å²) in [6.07, 6.45) is 4.37. The van der Waals surface area contributed by atoms with Crippen LogP contribution in [-0.4, -0.2) is 24.5 Å². The summed E-state index contributed by atoms with van der Waals surface area (Å²) in [6, 6.07) is 9.58. The molecule has 0 atom stereocenters. The molecule has 1 aromatic carbocycles. The predicted octanol–water partition coefficient (Wildman–Crippen LogP) is 3.71. The molecule has 0 radical (unpaired) electrons. The molecule has 1 aliphatic rings. The fourth-order valence-electron chi connectivity index (χ4n) is 2.17. The van der Waals surface area contributed by atoms with E-state index < -0.39 is 0 Å². The maximum Gasteiger partial charge on any atom is 0.219 e. The van der Waals surface area contributed by atoms with Crippen LogP contribution in [-0.2, 0) is 6.54 Å². The number of benzene rings is 1. The molecule has 0 bridgehead atoms. The van der Waals surface area contributed by atoms with E-state index in [1.54, 1.807) is 31.4 Å². The second-order valence-electron chi connectivity index (χ2n) is 5.81. The summed E-state index contributed by atoms with van der Waals surface area (Å²) >= 11 is 0. The number of nitrogens with zero attached hydrogens (tertiary/aromatic N) is 2. The van der Waals surface area contributed by atoms with Crippen molar-refractivity contribution < 1.29 is 9.13 Å². The van der Waals surface area contributed by atoms with Crippen molar-refractivity contribution in [1.82, 2.24) is 15.6 Å². The van der Waals surface area contributed by atoms with Crippen LogP contribution < -0.4 is 15.4 Å². The number of guanidine groups is 1. The largest absolute Gasteiger partial charge is 0.439 e. The molecule has 1 aliphatic carbocycles. The molecular formula is C18H22FIN4O. The average molecular weight is 456 g/mol. The molecule has 2 aromatic rings. The second kappa shape index (κ2) is 9.55. The Morgan fingerprint density at radius 1 is 1.20 bits per heavy atom. The lowest BCUT2D eigenvalue weighted by molar-refractivity contribution is 0.461. The smallest absolute Gasteiger partial charge is 0.219 e. The van der Waals surface area contributed by atoms with Gasteiger partial charge in [0.1, 0.15) is 11.6 Å². The molecule has 0 unspecified atom stereocenters. The third-order valence-electron chi connectivity index (χ3n) is 3.77. The predicted molar refractivity (Wildman–Crippen MR) is 107 cm³/mol. The number of pyridine rings is 1. The van der Waals surface area contributed by atoms with Gasteiger partial charge in [0.05, 0.1) is 0 Å². The van der Waals surface area contributed by atoms with Gasteiger partial charge in [0, 0.05) is 32.4 Å². The van der Waals surface area contributed by atoms with Crippen molar-refractivity contribution >= 4 is 29.9 Å². The van der Waals surface area contributed by atoms with Crippen molar-refractivity contribution in [3.63, 3.8) is 0 Å². The van der Waals surface area contributed by atoms with E-state index in [0.717, 1.165) is 24.0 Å². The first kappa shape index (κ1) is 19.4. The van der Waals surface area contributed by atoms with Crippen molar-refractivity contribution in [3.8, 4) is 11.6 Å². The summed E-state index contributed by atoms with van der Waals surface area (Å²) in [5.74, 6) is 2.34. The maximum atomic E-state index is 12.9. The van der Waals surface area contributed by atoms with Gasteiger partial charge in [0.2, 0.25) is 5.88 Å². The van der Waals surface area contributed by atoms with E-state index in [2.05, 4.69) is 20.6 Å². The first-order valence-corrected chi connectivity index (χ1v) is 8.06. The van der Waals surface area contributed by atoms with Crippen molar-refractivity contribution in [2.24, 2.45) is 10.9 Å². The molecule has 25 heavy (non-hydrogen) atoms. The third-order valence-corrected chi connectivity index (χ3v) is 3.77. The van der Waals surface area contributed by atoms with Gasteiger partial charge in [-0.2, -0.15) is 0 Å². The van der Waals surface area contributed by atoms with E-state index >= 15 is 0 Å². The summed E-state index contributed by atoms with van der Waals surface area (Å²) < 4.78 is 18.4. The Morgan fingerprint density at radius 2 is 1.96 bits per heavy atom.